The second-order valence-corrected chi connectivity index (χ2v) is 5.50. The number of imide groups is 1. The Hall–Kier alpha value is -2.41. The van der Waals surface area contributed by atoms with Crippen LogP contribution in [0.2, 0.25) is 0 Å². The number of ether oxygens (including phenoxy) is 1. The highest BCUT2D eigenvalue weighted by Gasteiger charge is 2.45. The number of esters is 1. The topological polar surface area (TPSA) is 79.0 Å². The van der Waals surface area contributed by atoms with Crippen molar-refractivity contribution < 1.29 is 19.1 Å². The molecule has 1 aliphatic heterocycles. The van der Waals surface area contributed by atoms with Gasteiger partial charge in [0.05, 0.1) is 19.7 Å². The van der Waals surface area contributed by atoms with Crippen molar-refractivity contribution in [3.05, 3.63) is 35.9 Å². The summed E-state index contributed by atoms with van der Waals surface area (Å²) in [6.07, 6.45) is 0. The average Bonchev–Trinajstić information content (AvgIpc) is 2.87. The van der Waals surface area contributed by atoms with Crippen LogP contribution in [0.3, 0.4) is 0 Å². The van der Waals surface area contributed by atoms with Gasteiger partial charge in [-0.25, -0.2) is 14.5 Å². The molecule has 1 heterocycles. The molecule has 0 aliphatic carbocycles. The van der Waals surface area contributed by atoms with E-state index in [0.717, 1.165) is 10.5 Å². The second kappa shape index (κ2) is 7.23. The molecule has 0 spiro atoms. The van der Waals surface area contributed by atoms with Crippen LogP contribution >= 0.6 is 0 Å². The Morgan fingerprint density at radius 3 is 2.61 bits per heavy atom. The summed E-state index contributed by atoms with van der Waals surface area (Å²) < 4.78 is 4.69. The fourth-order valence-corrected chi connectivity index (χ4v) is 2.46. The molecule has 0 bridgehead atoms. The van der Waals surface area contributed by atoms with Gasteiger partial charge in [-0.3, -0.25) is 4.79 Å². The van der Waals surface area contributed by atoms with E-state index in [1.807, 2.05) is 30.3 Å². The molecule has 1 aliphatic rings. The second-order valence-electron chi connectivity index (χ2n) is 5.50. The number of benzene rings is 1. The molecule has 0 saturated carbocycles. The first-order chi connectivity index (χ1) is 11.0. The van der Waals surface area contributed by atoms with Crippen molar-refractivity contribution in [3.8, 4) is 0 Å². The number of likely N-dealkylation sites (N-methyl/N-ethyl adjacent to an activating group) is 1. The van der Waals surface area contributed by atoms with Crippen molar-refractivity contribution in [1.82, 2.24) is 15.1 Å². The van der Waals surface area contributed by atoms with E-state index in [4.69, 9.17) is 0 Å². The number of methoxy groups -OCH3 is 1. The predicted molar refractivity (Wildman–Crippen MR) is 83.4 cm³/mol. The standard InChI is InChI=1S/C16H21N3O4/c1-11(17-9-12-7-5-4-6-8-12)14(20)19-13(15(21)23-3)10-18(2)16(19)22/h4-8,11,13,17H,9-10H2,1-3H3/t11-,13+/m1/s1. The minimum absolute atomic E-state index is 0.142. The third kappa shape index (κ3) is 3.68. The Bertz CT molecular complexity index is 590. The zero-order chi connectivity index (χ0) is 17.0. The maximum absolute atomic E-state index is 12.6. The molecule has 1 N–H and O–H groups in total. The summed E-state index contributed by atoms with van der Waals surface area (Å²) in [5, 5.41) is 3.07. The largest absolute Gasteiger partial charge is 0.467 e. The summed E-state index contributed by atoms with van der Waals surface area (Å²) in [7, 11) is 2.79. The average molecular weight is 319 g/mol. The Morgan fingerprint density at radius 2 is 2.00 bits per heavy atom. The van der Waals surface area contributed by atoms with E-state index in [2.05, 4.69) is 10.1 Å². The van der Waals surface area contributed by atoms with Crippen LogP contribution < -0.4 is 5.32 Å². The Balaban J connectivity index is 2.04. The Kier molecular flexibility index (Phi) is 5.33. The summed E-state index contributed by atoms with van der Waals surface area (Å²) in [5.74, 6) is -1.03. The van der Waals surface area contributed by atoms with Crippen molar-refractivity contribution in [3.63, 3.8) is 0 Å². The number of hydrogen-bond donors (Lipinski definition) is 1. The molecule has 23 heavy (non-hydrogen) atoms. The lowest BCUT2D eigenvalue weighted by Crippen LogP contribution is -2.51. The number of urea groups is 1. The minimum Gasteiger partial charge on any atom is -0.467 e. The smallest absolute Gasteiger partial charge is 0.331 e. The van der Waals surface area contributed by atoms with Crippen LogP contribution in [0.1, 0.15) is 12.5 Å². The molecule has 7 nitrogen and oxygen atoms in total. The molecule has 1 saturated heterocycles. The molecule has 0 aromatic heterocycles. The van der Waals surface area contributed by atoms with Crippen LogP contribution in [-0.2, 0) is 20.9 Å². The number of nitrogens with zero attached hydrogens (tertiary/aromatic N) is 2. The van der Waals surface area contributed by atoms with Crippen LogP contribution in [0.15, 0.2) is 30.3 Å². The van der Waals surface area contributed by atoms with E-state index in [1.165, 1.54) is 12.0 Å². The molecule has 1 fully saturated rings. The van der Waals surface area contributed by atoms with Gasteiger partial charge in [0.1, 0.15) is 0 Å². The molecule has 124 valence electrons. The fraction of sp³-hybridized carbons (Fsp3) is 0.438. The molecule has 0 unspecified atom stereocenters. The number of carbonyl (C=O) groups is 3. The zero-order valence-electron chi connectivity index (χ0n) is 13.5. The zero-order valence-corrected chi connectivity index (χ0v) is 13.5. The quantitative estimate of drug-likeness (QED) is 0.804. The summed E-state index contributed by atoms with van der Waals surface area (Å²) >= 11 is 0. The maximum atomic E-state index is 12.6. The highest BCUT2D eigenvalue weighted by molar-refractivity contribution is 6.02. The van der Waals surface area contributed by atoms with Gasteiger partial charge in [0, 0.05) is 13.6 Å². The number of carbonyl (C=O) groups excluding carboxylic acids is 3. The van der Waals surface area contributed by atoms with Gasteiger partial charge in [-0.2, -0.15) is 0 Å². The van der Waals surface area contributed by atoms with E-state index >= 15 is 0 Å². The van der Waals surface area contributed by atoms with Gasteiger partial charge in [0.2, 0.25) is 5.91 Å². The summed E-state index contributed by atoms with van der Waals surface area (Å²) in [5.41, 5.74) is 1.03. The lowest BCUT2D eigenvalue weighted by Gasteiger charge is -2.23. The summed E-state index contributed by atoms with van der Waals surface area (Å²) in [6, 6.07) is 7.64. The number of nitrogens with one attached hydrogen (secondary N) is 1. The van der Waals surface area contributed by atoms with Gasteiger partial charge in [0.25, 0.3) is 0 Å². The summed E-state index contributed by atoms with van der Waals surface area (Å²) in [4.78, 5) is 38.8. The van der Waals surface area contributed by atoms with Crippen LogP contribution in [0.5, 0.6) is 0 Å². The molecule has 7 heteroatoms. The molecule has 2 rings (SSSR count). The molecule has 0 radical (unpaired) electrons. The van der Waals surface area contributed by atoms with Crippen molar-refractivity contribution in [1.29, 1.82) is 0 Å². The van der Waals surface area contributed by atoms with Crippen LogP contribution in [0.25, 0.3) is 0 Å². The number of amides is 3. The molecule has 1 aromatic rings. The fourth-order valence-electron chi connectivity index (χ4n) is 2.46. The first kappa shape index (κ1) is 17.0. The molecule has 1 aromatic carbocycles. The molecule has 3 amide bonds. The van der Waals surface area contributed by atoms with Crippen molar-refractivity contribution in [2.45, 2.75) is 25.6 Å². The lowest BCUT2D eigenvalue weighted by atomic mass is 10.2. The van der Waals surface area contributed by atoms with Crippen molar-refractivity contribution in [2.24, 2.45) is 0 Å². The highest BCUT2D eigenvalue weighted by atomic mass is 16.5. The van der Waals surface area contributed by atoms with Gasteiger partial charge in [0.15, 0.2) is 6.04 Å². The lowest BCUT2D eigenvalue weighted by molar-refractivity contribution is -0.149. The Labute approximate surface area is 135 Å². The van der Waals surface area contributed by atoms with Gasteiger partial charge in [-0.05, 0) is 12.5 Å². The van der Waals surface area contributed by atoms with E-state index in [1.54, 1.807) is 14.0 Å². The first-order valence-electron chi connectivity index (χ1n) is 7.39. The summed E-state index contributed by atoms with van der Waals surface area (Å²) in [6.45, 7) is 2.31. The molecule has 2 atom stereocenters. The van der Waals surface area contributed by atoms with Crippen LogP contribution in [0.4, 0.5) is 4.79 Å². The third-order valence-electron chi connectivity index (χ3n) is 3.83. The predicted octanol–water partition coefficient (Wildman–Crippen LogP) is 0.600. The van der Waals surface area contributed by atoms with Gasteiger partial charge in [-0.1, -0.05) is 30.3 Å². The number of hydrogen-bond acceptors (Lipinski definition) is 5. The monoisotopic (exact) mass is 319 g/mol. The van der Waals surface area contributed by atoms with Gasteiger partial charge in [-0.15, -0.1) is 0 Å². The minimum atomic E-state index is -0.897. The van der Waals surface area contributed by atoms with Crippen molar-refractivity contribution >= 4 is 17.9 Å². The van der Waals surface area contributed by atoms with E-state index in [9.17, 15) is 14.4 Å². The van der Waals surface area contributed by atoms with Crippen LogP contribution in [-0.4, -0.2) is 60.5 Å². The molecular weight excluding hydrogens is 298 g/mol. The highest BCUT2D eigenvalue weighted by Crippen LogP contribution is 2.17. The van der Waals surface area contributed by atoms with Crippen LogP contribution in [0, 0.1) is 0 Å². The van der Waals surface area contributed by atoms with E-state index in [-0.39, 0.29) is 6.54 Å². The molecular formula is C16H21N3O4. The van der Waals surface area contributed by atoms with Gasteiger partial charge < -0.3 is 15.0 Å². The third-order valence-corrected chi connectivity index (χ3v) is 3.83. The van der Waals surface area contributed by atoms with E-state index in [0.29, 0.717) is 6.54 Å². The van der Waals surface area contributed by atoms with Gasteiger partial charge >= 0.3 is 12.0 Å². The SMILES string of the molecule is COC(=O)[C@@H]1CN(C)C(=O)N1C(=O)[C@@H](C)NCc1ccccc1. The maximum Gasteiger partial charge on any atom is 0.331 e. The van der Waals surface area contributed by atoms with Crippen molar-refractivity contribution in [2.75, 3.05) is 20.7 Å². The number of rotatable bonds is 5. The normalized spacial score (nSPS) is 18.9. The Morgan fingerprint density at radius 1 is 1.35 bits per heavy atom. The van der Waals surface area contributed by atoms with E-state index < -0.39 is 30.0 Å². The first-order valence-corrected chi connectivity index (χ1v) is 7.39.